The molecular weight excluding hydrogens is 497 g/mol. The number of benzene rings is 1. The summed E-state index contributed by atoms with van der Waals surface area (Å²) in [7, 11) is 1.83. The van der Waals surface area contributed by atoms with Crippen LogP contribution in [0.15, 0.2) is 35.3 Å². The van der Waals surface area contributed by atoms with E-state index in [0.717, 1.165) is 54.7 Å². The van der Waals surface area contributed by atoms with Gasteiger partial charge in [0.15, 0.2) is 5.96 Å². The quantitative estimate of drug-likeness (QED) is 0.366. The Labute approximate surface area is 193 Å². The number of hydrogen-bond donors (Lipinski definition) is 2. The smallest absolute Gasteiger partial charge is 0.220 e. The Morgan fingerprint density at radius 3 is 2.86 bits per heavy atom. The molecule has 0 aliphatic carbocycles. The van der Waals surface area contributed by atoms with Crippen LogP contribution in [-0.2, 0) is 11.3 Å². The molecule has 1 spiro atoms. The molecular formula is C21H28IN5OS. The summed E-state index contributed by atoms with van der Waals surface area (Å²) in [6.45, 7) is 5.42. The van der Waals surface area contributed by atoms with E-state index in [1.165, 1.54) is 4.88 Å². The van der Waals surface area contributed by atoms with Gasteiger partial charge in [0.1, 0.15) is 5.01 Å². The van der Waals surface area contributed by atoms with E-state index in [9.17, 15) is 4.79 Å². The summed E-state index contributed by atoms with van der Waals surface area (Å²) in [5.74, 6) is 1.09. The van der Waals surface area contributed by atoms with Crippen molar-refractivity contribution >= 4 is 47.2 Å². The third kappa shape index (κ3) is 4.91. The van der Waals surface area contributed by atoms with Gasteiger partial charge in [-0.15, -0.1) is 35.3 Å². The Bertz CT molecular complexity index is 884. The number of piperidine rings is 1. The number of guanidine groups is 1. The van der Waals surface area contributed by atoms with Crippen LogP contribution < -0.4 is 10.6 Å². The molecule has 2 saturated heterocycles. The molecule has 1 aromatic carbocycles. The van der Waals surface area contributed by atoms with Gasteiger partial charge in [-0.1, -0.05) is 30.3 Å². The summed E-state index contributed by atoms with van der Waals surface area (Å²) in [4.78, 5) is 24.5. The van der Waals surface area contributed by atoms with Crippen LogP contribution >= 0.6 is 35.3 Å². The average molecular weight is 525 g/mol. The van der Waals surface area contributed by atoms with Crippen molar-refractivity contribution in [2.75, 3.05) is 26.7 Å². The van der Waals surface area contributed by atoms with E-state index in [2.05, 4.69) is 39.6 Å². The molecule has 0 radical (unpaired) electrons. The summed E-state index contributed by atoms with van der Waals surface area (Å²) in [6.07, 6.45) is 2.83. The third-order valence-electron chi connectivity index (χ3n) is 5.69. The van der Waals surface area contributed by atoms with Crippen LogP contribution in [0, 0.1) is 12.3 Å². The second-order valence-electron chi connectivity index (χ2n) is 7.77. The minimum absolute atomic E-state index is 0. The van der Waals surface area contributed by atoms with E-state index in [1.54, 1.807) is 11.3 Å². The molecule has 29 heavy (non-hydrogen) atoms. The van der Waals surface area contributed by atoms with Crippen molar-refractivity contribution in [1.82, 2.24) is 20.5 Å². The minimum atomic E-state index is 0. The second-order valence-corrected chi connectivity index (χ2v) is 8.86. The number of nitrogens with zero attached hydrogens (tertiary/aromatic N) is 3. The van der Waals surface area contributed by atoms with Crippen molar-refractivity contribution < 1.29 is 4.79 Å². The lowest BCUT2D eigenvalue weighted by atomic mass is 9.79. The first-order valence-corrected chi connectivity index (χ1v) is 10.6. The first-order valence-electron chi connectivity index (χ1n) is 9.83. The summed E-state index contributed by atoms with van der Waals surface area (Å²) in [5, 5.41) is 7.58. The number of aryl methyl sites for hydroxylation is 1. The normalized spacial score (nSPS) is 21.8. The molecule has 0 bridgehead atoms. The van der Waals surface area contributed by atoms with E-state index >= 15 is 0 Å². The van der Waals surface area contributed by atoms with Crippen molar-refractivity contribution in [3.05, 3.63) is 40.9 Å². The highest BCUT2D eigenvalue weighted by atomic mass is 127. The van der Waals surface area contributed by atoms with Crippen molar-refractivity contribution in [1.29, 1.82) is 0 Å². The van der Waals surface area contributed by atoms with Crippen LogP contribution in [0.25, 0.3) is 10.6 Å². The Balaban J connectivity index is 0.00000240. The highest BCUT2D eigenvalue weighted by Gasteiger charge is 2.42. The van der Waals surface area contributed by atoms with Gasteiger partial charge in [-0.3, -0.25) is 9.79 Å². The molecule has 1 amide bonds. The van der Waals surface area contributed by atoms with E-state index in [1.807, 2.05) is 25.2 Å². The van der Waals surface area contributed by atoms with Gasteiger partial charge >= 0.3 is 0 Å². The standard InChI is InChI=1S/C21H27N5OS.HI/c1-15-17(28-19(25-15)16-7-4-3-5-8-16)12-23-20(22-2)26-10-6-9-21(14-26)11-18(27)24-13-21;/h3-5,7-8H,6,9-14H2,1-2H3,(H,22,23)(H,24,27);1H. The van der Waals surface area contributed by atoms with Gasteiger partial charge in [-0.25, -0.2) is 4.98 Å². The Morgan fingerprint density at radius 1 is 1.38 bits per heavy atom. The predicted molar refractivity (Wildman–Crippen MR) is 129 cm³/mol. The molecule has 2 aromatic rings. The molecule has 2 aliphatic heterocycles. The number of hydrogen-bond acceptors (Lipinski definition) is 4. The van der Waals surface area contributed by atoms with E-state index in [4.69, 9.17) is 4.98 Å². The van der Waals surface area contributed by atoms with Gasteiger partial charge in [0, 0.05) is 49.0 Å². The molecule has 2 fully saturated rings. The van der Waals surface area contributed by atoms with Crippen LogP contribution in [0.2, 0.25) is 0 Å². The van der Waals surface area contributed by atoms with Crippen LogP contribution in [0.4, 0.5) is 0 Å². The summed E-state index contributed by atoms with van der Waals surface area (Å²) < 4.78 is 0. The summed E-state index contributed by atoms with van der Waals surface area (Å²) in [5.41, 5.74) is 2.28. The fraction of sp³-hybridized carbons (Fsp3) is 0.476. The van der Waals surface area contributed by atoms with Crippen molar-refractivity contribution in [2.24, 2.45) is 10.4 Å². The van der Waals surface area contributed by atoms with Gasteiger partial charge in [-0.2, -0.15) is 0 Å². The van der Waals surface area contributed by atoms with Crippen LogP contribution in [0.5, 0.6) is 0 Å². The van der Waals surface area contributed by atoms with E-state index < -0.39 is 0 Å². The number of nitrogens with one attached hydrogen (secondary N) is 2. The SMILES string of the molecule is CN=C(NCc1sc(-c2ccccc2)nc1C)N1CCCC2(CNC(=O)C2)C1.I. The highest BCUT2D eigenvalue weighted by molar-refractivity contribution is 14.0. The molecule has 4 rings (SSSR count). The number of carbonyl (C=O) groups excluding carboxylic acids is 1. The number of thiazole rings is 1. The highest BCUT2D eigenvalue weighted by Crippen LogP contribution is 2.36. The first-order chi connectivity index (χ1) is 13.6. The molecule has 1 aromatic heterocycles. The number of carbonyl (C=O) groups is 1. The predicted octanol–water partition coefficient (Wildman–Crippen LogP) is 3.41. The summed E-state index contributed by atoms with van der Waals surface area (Å²) >= 11 is 1.73. The summed E-state index contributed by atoms with van der Waals surface area (Å²) in [6, 6.07) is 10.3. The van der Waals surface area contributed by atoms with Gasteiger partial charge in [-0.05, 0) is 19.8 Å². The third-order valence-corrected chi connectivity index (χ3v) is 6.90. The topological polar surface area (TPSA) is 69.6 Å². The fourth-order valence-corrected chi connectivity index (χ4v) is 5.22. The Hall–Kier alpha value is -1.68. The molecule has 3 heterocycles. The van der Waals surface area contributed by atoms with Crippen LogP contribution in [-0.4, -0.2) is 48.4 Å². The van der Waals surface area contributed by atoms with E-state index in [0.29, 0.717) is 13.0 Å². The number of aromatic nitrogens is 1. The monoisotopic (exact) mass is 525 g/mol. The average Bonchev–Trinajstić information content (AvgIpc) is 3.26. The van der Waals surface area contributed by atoms with Crippen molar-refractivity contribution in [3.63, 3.8) is 0 Å². The van der Waals surface area contributed by atoms with Gasteiger partial charge < -0.3 is 15.5 Å². The lowest BCUT2D eigenvalue weighted by molar-refractivity contribution is -0.119. The number of aliphatic imine (C=N–C) groups is 1. The van der Waals surface area contributed by atoms with Crippen molar-refractivity contribution in [2.45, 2.75) is 32.7 Å². The number of likely N-dealkylation sites (tertiary alicyclic amines) is 1. The number of amides is 1. The zero-order chi connectivity index (χ0) is 19.6. The molecule has 2 aliphatic rings. The first kappa shape index (κ1) is 22.0. The van der Waals surface area contributed by atoms with Crippen LogP contribution in [0.1, 0.15) is 29.8 Å². The van der Waals surface area contributed by atoms with Crippen LogP contribution in [0.3, 0.4) is 0 Å². The van der Waals surface area contributed by atoms with Gasteiger partial charge in [0.2, 0.25) is 5.91 Å². The zero-order valence-electron chi connectivity index (χ0n) is 16.9. The second kappa shape index (κ2) is 9.42. The lowest BCUT2D eigenvalue weighted by Crippen LogP contribution is -2.51. The van der Waals surface area contributed by atoms with Gasteiger partial charge in [0.05, 0.1) is 12.2 Å². The fourth-order valence-electron chi connectivity index (χ4n) is 4.22. The number of halogens is 1. The van der Waals surface area contributed by atoms with Gasteiger partial charge in [0.25, 0.3) is 0 Å². The maximum absolute atomic E-state index is 11.7. The van der Waals surface area contributed by atoms with Crippen molar-refractivity contribution in [3.8, 4) is 10.6 Å². The molecule has 156 valence electrons. The minimum Gasteiger partial charge on any atom is -0.355 e. The molecule has 8 heteroatoms. The lowest BCUT2D eigenvalue weighted by Gasteiger charge is -2.40. The Morgan fingerprint density at radius 2 is 2.17 bits per heavy atom. The molecule has 6 nitrogen and oxygen atoms in total. The number of rotatable bonds is 3. The Kier molecular flexibility index (Phi) is 7.15. The molecule has 0 saturated carbocycles. The maximum Gasteiger partial charge on any atom is 0.220 e. The molecule has 1 unspecified atom stereocenters. The molecule has 2 N–H and O–H groups in total. The largest absolute Gasteiger partial charge is 0.355 e. The zero-order valence-corrected chi connectivity index (χ0v) is 20.0. The van der Waals surface area contributed by atoms with E-state index in [-0.39, 0.29) is 35.3 Å². The molecule has 1 atom stereocenters. The maximum atomic E-state index is 11.7.